The van der Waals surface area contributed by atoms with Crippen molar-refractivity contribution in [1.82, 2.24) is 5.43 Å². The predicted octanol–water partition coefficient (Wildman–Crippen LogP) is 2.06. The van der Waals surface area contributed by atoms with Crippen molar-refractivity contribution < 1.29 is 14.0 Å². The molecule has 0 aliphatic carbocycles. The van der Waals surface area contributed by atoms with Crippen LogP contribution in [0.4, 0.5) is 10.1 Å². The molecule has 0 bridgehead atoms. The number of nitrogens with one attached hydrogen (secondary N) is 2. The lowest BCUT2D eigenvalue weighted by Gasteiger charge is -2.05. The number of carbonyl (C=O) groups excluding carboxylic acids is 2. The van der Waals surface area contributed by atoms with E-state index in [0.717, 1.165) is 5.71 Å². The maximum atomic E-state index is 13.3. The van der Waals surface area contributed by atoms with Gasteiger partial charge in [0.15, 0.2) is 0 Å². The maximum absolute atomic E-state index is 13.3. The molecular formula is C13H16FN3O2. The van der Waals surface area contributed by atoms with Gasteiger partial charge >= 0.3 is 11.8 Å². The van der Waals surface area contributed by atoms with E-state index < -0.39 is 17.6 Å². The minimum Gasteiger partial charge on any atom is -0.315 e. The average molecular weight is 265 g/mol. The van der Waals surface area contributed by atoms with E-state index in [0.29, 0.717) is 12.8 Å². The Morgan fingerprint density at radius 3 is 2.37 bits per heavy atom. The fourth-order valence-electron chi connectivity index (χ4n) is 1.33. The van der Waals surface area contributed by atoms with E-state index in [-0.39, 0.29) is 5.69 Å². The van der Waals surface area contributed by atoms with Crippen molar-refractivity contribution >= 4 is 23.2 Å². The van der Waals surface area contributed by atoms with Crippen molar-refractivity contribution in [3.05, 3.63) is 30.1 Å². The highest BCUT2D eigenvalue weighted by molar-refractivity contribution is 6.39. The summed E-state index contributed by atoms with van der Waals surface area (Å²) >= 11 is 0. The van der Waals surface area contributed by atoms with Crippen molar-refractivity contribution in [1.29, 1.82) is 0 Å². The van der Waals surface area contributed by atoms with Crippen molar-refractivity contribution in [2.45, 2.75) is 26.7 Å². The van der Waals surface area contributed by atoms with Gasteiger partial charge in [-0.3, -0.25) is 9.59 Å². The molecule has 0 fully saturated rings. The fourth-order valence-corrected chi connectivity index (χ4v) is 1.33. The summed E-state index contributed by atoms with van der Waals surface area (Å²) in [6.45, 7) is 3.79. The van der Waals surface area contributed by atoms with Crippen molar-refractivity contribution in [3.63, 3.8) is 0 Å². The predicted molar refractivity (Wildman–Crippen MR) is 71.2 cm³/mol. The number of anilines is 1. The van der Waals surface area contributed by atoms with Crippen LogP contribution in [0.1, 0.15) is 26.7 Å². The Morgan fingerprint density at radius 1 is 1.16 bits per heavy atom. The zero-order valence-electron chi connectivity index (χ0n) is 10.9. The van der Waals surface area contributed by atoms with Crippen molar-refractivity contribution in [2.75, 3.05) is 5.32 Å². The molecule has 2 N–H and O–H groups in total. The average Bonchev–Trinajstić information content (AvgIpc) is 2.42. The molecule has 0 spiro atoms. The van der Waals surface area contributed by atoms with Crippen LogP contribution >= 0.6 is 0 Å². The molecule has 5 nitrogen and oxygen atoms in total. The van der Waals surface area contributed by atoms with Gasteiger partial charge < -0.3 is 5.32 Å². The van der Waals surface area contributed by atoms with Crippen LogP contribution in [0.25, 0.3) is 0 Å². The second-order valence-electron chi connectivity index (χ2n) is 3.76. The first-order valence-electron chi connectivity index (χ1n) is 5.99. The lowest BCUT2D eigenvalue weighted by Crippen LogP contribution is -2.33. The number of rotatable bonds is 4. The van der Waals surface area contributed by atoms with Crippen LogP contribution in [-0.4, -0.2) is 17.5 Å². The number of hydrogen-bond acceptors (Lipinski definition) is 3. The molecule has 102 valence electrons. The molecule has 6 heteroatoms. The van der Waals surface area contributed by atoms with E-state index in [2.05, 4.69) is 15.8 Å². The monoisotopic (exact) mass is 265 g/mol. The van der Waals surface area contributed by atoms with Gasteiger partial charge in [-0.15, -0.1) is 0 Å². The number of hydrazone groups is 1. The summed E-state index contributed by atoms with van der Waals surface area (Å²) in [5.41, 5.74) is 2.87. The molecule has 1 aromatic carbocycles. The molecule has 2 amide bonds. The van der Waals surface area contributed by atoms with Crippen LogP contribution in [-0.2, 0) is 9.59 Å². The number of carbonyl (C=O) groups is 2. The first-order chi connectivity index (χ1) is 9.08. The van der Waals surface area contributed by atoms with Gasteiger partial charge in [-0.1, -0.05) is 26.0 Å². The van der Waals surface area contributed by atoms with Gasteiger partial charge in [-0.05, 0) is 25.0 Å². The molecule has 0 atom stereocenters. The van der Waals surface area contributed by atoms with Gasteiger partial charge in [0.25, 0.3) is 0 Å². The molecule has 0 saturated heterocycles. The third-order valence-electron chi connectivity index (χ3n) is 2.46. The number of nitrogens with zero attached hydrogens (tertiary/aromatic N) is 1. The van der Waals surface area contributed by atoms with Gasteiger partial charge in [0.2, 0.25) is 0 Å². The van der Waals surface area contributed by atoms with Gasteiger partial charge in [-0.25, -0.2) is 9.82 Å². The molecular weight excluding hydrogens is 249 g/mol. The van der Waals surface area contributed by atoms with E-state index >= 15 is 0 Å². The first-order valence-corrected chi connectivity index (χ1v) is 5.99. The van der Waals surface area contributed by atoms with E-state index in [1.807, 2.05) is 13.8 Å². The topological polar surface area (TPSA) is 70.6 Å². The van der Waals surface area contributed by atoms with Gasteiger partial charge in [0.1, 0.15) is 5.82 Å². The van der Waals surface area contributed by atoms with Crippen molar-refractivity contribution in [2.24, 2.45) is 5.10 Å². The molecule has 0 aromatic heterocycles. The molecule has 0 heterocycles. The fraction of sp³-hybridized carbons (Fsp3) is 0.308. The zero-order valence-corrected chi connectivity index (χ0v) is 10.9. The molecule has 19 heavy (non-hydrogen) atoms. The summed E-state index contributed by atoms with van der Waals surface area (Å²) in [7, 11) is 0. The van der Waals surface area contributed by atoms with E-state index in [9.17, 15) is 14.0 Å². The normalized spacial score (nSPS) is 9.63. The van der Waals surface area contributed by atoms with Crippen LogP contribution in [0.15, 0.2) is 29.4 Å². The maximum Gasteiger partial charge on any atom is 0.329 e. The summed E-state index contributed by atoms with van der Waals surface area (Å²) in [6.07, 6.45) is 1.37. The second kappa shape index (κ2) is 7.25. The molecule has 0 aliphatic rings. The van der Waals surface area contributed by atoms with Crippen LogP contribution in [0.2, 0.25) is 0 Å². The van der Waals surface area contributed by atoms with Gasteiger partial charge in [0, 0.05) is 5.71 Å². The van der Waals surface area contributed by atoms with Crippen LogP contribution in [0.3, 0.4) is 0 Å². The highest BCUT2D eigenvalue weighted by atomic mass is 19.1. The number of benzene rings is 1. The Morgan fingerprint density at radius 2 is 1.79 bits per heavy atom. The summed E-state index contributed by atoms with van der Waals surface area (Å²) in [4.78, 5) is 22.9. The summed E-state index contributed by atoms with van der Waals surface area (Å²) in [5, 5.41) is 5.98. The minimum absolute atomic E-state index is 0.0437. The van der Waals surface area contributed by atoms with Gasteiger partial charge in [0.05, 0.1) is 5.69 Å². The molecule has 0 saturated carbocycles. The third-order valence-corrected chi connectivity index (χ3v) is 2.46. The van der Waals surface area contributed by atoms with Crippen LogP contribution in [0, 0.1) is 5.82 Å². The van der Waals surface area contributed by atoms with Crippen molar-refractivity contribution in [3.8, 4) is 0 Å². The molecule has 0 radical (unpaired) electrons. The largest absolute Gasteiger partial charge is 0.329 e. The SMILES string of the molecule is CCC(CC)=NNC(=O)C(=O)Nc1ccccc1F. The standard InChI is InChI=1S/C13H16FN3O2/c1-3-9(4-2)16-17-13(19)12(18)15-11-8-6-5-7-10(11)14/h5-8H,3-4H2,1-2H3,(H,15,18)(H,17,19). The van der Waals surface area contributed by atoms with Gasteiger partial charge in [-0.2, -0.15) is 5.10 Å². The second-order valence-corrected chi connectivity index (χ2v) is 3.76. The molecule has 1 rings (SSSR count). The number of halogens is 1. The van der Waals surface area contributed by atoms with E-state index in [1.54, 1.807) is 6.07 Å². The Bertz CT molecular complexity index is 494. The number of amides is 2. The first kappa shape index (κ1) is 14.8. The van der Waals surface area contributed by atoms with E-state index in [1.165, 1.54) is 18.2 Å². The Kier molecular flexibility index (Phi) is 5.66. The molecule has 0 unspecified atom stereocenters. The highest BCUT2D eigenvalue weighted by Gasteiger charge is 2.14. The van der Waals surface area contributed by atoms with Crippen LogP contribution in [0.5, 0.6) is 0 Å². The molecule has 0 aliphatic heterocycles. The quantitative estimate of drug-likeness (QED) is 0.497. The number of hydrogen-bond donors (Lipinski definition) is 2. The lowest BCUT2D eigenvalue weighted by atomic mass is 10.2. The Labute approximate surface area is 110 Å². The molecule has 1 aromatic rings. The summed E-state index contributed by atoms with van der Waals surface area (Å²) < 4.78 is 13.3. The highest BCUT2D eigenvalue weighted by Crippen LogP contribution is 2.11. The number of para-hydroxylation sites is 1. The summed E-state index contributed by atoms with van der Waals surface area (Å²) in [5.74, 6) is -2.49. The third kappa shape index (κ3) is 4.50. The smallest absolute Gasteiger partial charge is 0.315 e. The summed E-state index contributed by atoms with van der Waals surface area (Å²) in [6, 6.07) is 5.61. The zero-order chi connectivity index (χ0) is 14.3. The van der Waals surface area contributed by atoms with E-state index in [4.69, 9.17) is 0 Å². The minimum atomic E-state index is -0.958. The Hall–Kier alpha value is -2.24. The van der Waals surface area contributed by atoms with Crippen LogP contribution < -0.4 is 10.7 Å². The lowest BCUT2D eigenvalue weighted by molar-refractivity contribution is -0.136. The Balaban J connectivity index is 2.62.